The maximum atomic E-state index is 15.4. The van der Waals surface area contributed by atoms with Crippen molar-refractivity contribution in [2.45, 2.75) is 206 Å². The van der Waals surface area contributed by atoms with Gasteiger partial charge in [-0.3, -0.25) is 9.97 Å². The van der Waals surface area contributed by atoms with Crippen molar-refractivity contribution >= 4 is 0 Å². The molecule has 4 heterocycles. The Labute approximate surface area is 365 Å². The maximum Gasteiger partial charge on any atom is 0.235 e. The molecule has 0 saturated carbocycles. The predicted octanol–water partition coefficient (Wildman–Crippen LogP) is 14.3. The highest BCUT2D eigenvalue weighted by Crippen LogP contribution is 2.40. The lowest BCUT2D eigenvalue weighted by atomic mass is 9.99. The van der Waals surface area contributed by atoms with Gasteiger partial charge in [-0.15, -0.1) is 0 Å². The van der Waals surface area contributed by atoms with Crippen molar-refractivity contribution in [3.8, 4) is 34.0 Å². The van der Waals surface area contributed by atoms with Crippen LogP contribution in [0.25, 0.3) is 22.5 Å². The lowest BCUT2D eigenvalue weighted by molar-refractivity contribution is 0.355. The molecule has 2 aromatic carbocycles. The molecule has 0 spiro atoms. The minimum Gasteiger partial charge on any atom is -0.457 e. The lowest BCUT2D eigenvalue weighted by Crippen LogP contribution is -2.05. The first-order valence-corrected chi connectivity index (χ1v) is 24.2. The minimum absolute atomic E-state index is 0.0973. The van der Waals surface area contributed by atoms with Crippen LogP contribution in [0.5, 0.6) is 11.5 Å². The molecule has 0 unspecified atom stereocenters. The highest BCUT2D eigenvalue weighted by atomic mass is 19.1. The van der Waals surface area contributed by atoms with Crippen LogP contribution in [-0.2, 0) is 35.2 Å². The maximum absolute atomic E-state index is 15.4. The zero-order valence-electron chi connectivity index (χ0n) is 37.7. The van der Waals surface area contributed by atoms with Crippen LogP contribution in [-0.4, -0.2) is 44.4 Å². The number of epoxide rings is 2. The molecular formula is C52H72F2N4O3. The van der Waals surface area contributed by atoms with Crippen molar-refractivity contribution in [1.29, 1.82) is 0 Å². The van der Waals surface area contributed by atoms with E-state index < -0.39 is 11.9 Å². The summed E-state index contributed by atoms with van der Waals surface area (Å²) in [7, 11) is 0. The van der Waals surface area contributed by atoms with E-state index in [1.807, 2.05) is 24.3 Å². The topological polar surface area (TPSA) is 85.9 Å². The van der Waals surface area contributed by atoms with Gasteiger partial charge < -0.3 is 14.2 Å². The molecule has 0 N–H and O–H groups in total. The molecular weight excluding hydrogens is 767 g/mol. The van der Waals surface area contributed by atoms with E-state index in [0.29, 0.717) is 48.5 Å². The molecule has 61 heavy (non-hydrogen) atoms. The highest BCUT2D eigenvalue weighted by molar-refractivity contribution is 5.64. The van der Waals surface area contributed by atoms with E-state index >= 15 is 8.78 Å². The molecule has 2 saturated heterocycles. The van der Waals surface area contributed by atoms with E-state index in [2.05, 4.69) is 59.8 Å². The van der Waals surface area contributed by atoms with Crippen LogP contribution in [0.3, 0.4) is 0 Å². The van der Waals surface area contributed by atoms with Crippen LogP contribution in [0.4, 0.5) is 8.78 Å². The Morgan fingerprint density at radius 2 is 0.885 bits per heavy atom. The fraction of sp³-hybridized carbons (Fsp3) is 0.615. The van der Waals surface area contributed by atoms with Gasteiger partial charge in [-0.05, 0) is 86.1 Å². The molecule has 4 aromatic rings. The second kappa shape index (κ2) is 24.7. The molecule has 6 rings (SSSR count). The Morgan fingerprint density at radius 1 is 0.492 bits per heavy atom. The Kier molecular flexibility index (Phi) is 18.9. The van der Waals surface area contributed by atoms with Gasteiger partial charge in [0, 0.05) is 24.0 Å². The number of ether oxygens (including phenoxy) is 3. The summed E-state index contributed by atoms with van der Waals surface area (Å²) in [6.07, 6.45) is 29.4. The first-order valence-electron chi connectivity index (χ1n) is 24.2. The first-order chi connectivity index (χ1) is 29.9. The monoisotopic (exact) mass is 839 g/mol. The molecule has 0 amide bonds. The van der Waals surface area contributed by atoms with Gasteiger partial charge in [0.2, 0.25) is 11.9 Å². The summed E-state index contributed by atoms with van der Waals surface area (Å²) in [6.45, 7) is 8.86. The molecule has 0 aliphatic carbocycles. The molecule has 2 aliphatic rings. The van der Waals surface area contributed by atoms with Gasteiger partial charge in [0.15, 0.2) is 0 Å². The van der Waals surface area contributed by atoms with Crippen molar-refractivity contribution < 1.29 is 23.0 Å². The number of benzene rings is 2. The molecule has 332 valence electrons. The van der Waals surface area contributed by atoms with Crippen LogP contribution in [0.2, 0.25) is 0 Å². The number of halogens is 2. The number of aryl methyl sites for hydroxylation is 2. The summed E-state index contributed by atoms with van der Waals surface area (Å²) in [5, 5.41) is 0. The summed E-state index contributed by atoms with van der Waals surface area (Å²) in [4.78, 5) is 17.9. The van der Waals surface area contributed by atoms with Crippen LogP contribution in [0.1, 0.15) is 179 Å². The summed E-state index contributed by atoms with van der Waals surface area (Å²) >= 11 is 0. The van der Waals surface area contributed by atoms with Crippen LogP contribution in [0.15, 0.2) is 48.8 Å². The van der Waals surface area contributed by atoms with Gasteiger partial charge in [-0.25, -0.2) is 9.97 Å². The van der Waals surface area contributed by atoms with Crippen LogP contribution >= 0.6 is 0 Å². The molecule has 7 nitrogen and oxygen atoms in total. The van der Waals surface area contributed by atoms with Crippen LogP contribution < -0.4 is 4.74 Å². The van der Waals surface area contributed by atoms with Gasteiger partial charge in [-0.2, -0.15) is 8.78 Å². The van der Waals surface area contributed by atoms with E-state index in [-0.39, 0.29) is 24.4 Å². The third kappa shape index (κ3) is 14.6. The highest BCUT2D eigenvalue weighted by Gasteiger charge is 2.40. The number of rotatable bonds is 30. The molecule has 0 radical (unpaired) electrons. The number of hydrogen-bond donors (Lipinski definition) is 0. The van der Waals surface area contributed by atoms with Gasteiger partial charge in [0.1, 0.15) is 11.5 Å². The Balaban J connectivity index is 1.22. The molecule has 0 bridgehead atoms. The quantitative estimate of drug-likeness (QED) is 0.0382. The van der Waals surface area contributed by atoms with Crippen LogP contribution in [0, 0.1) is 11.9 Å². The zero-order valence-corrected chi connectivity index (χ0v) is 37.7. The lowest BCUT2D eigenvalue weighted by Gasteiger charge is -2.16. The largest absolute Gasteiger partial charge is 0.457 e. The normalized spacial score (nSPS) is 18.1. The molecule has 2 aliphatic heterocycles. The van der Waals surface area contributed by atoms with E-state index in [1.165, 1.54) is 77.0 Å². The van der Waals surface area contributed by atoms with Gasteiger partial charge in [0.05, 0.1) is 59.6 Å². The third-order valence-electron chi connectivity index (χ3n) is 12.5. The second-order valence-corrected chi connectivity index (χ2v) is 17.6. The standard InChI is InChI=1S/C52H72F2N4O3/c1-5-9-13-15-17-21-23-41-51(53)57-43(35-55-41)37-27-29-45(39(31-37)33-49-47(60-49)25-19-11-7-3)59-46-30-28-38(32-40(46)34-50-48(61-50)26-20-12-8-4)44-36-56-42(52(54)58-44)24-22-18-16-14-10-6-2/h27-32,35-36,47-50H,5-26,33-34H2,1-4H3/t47-,48-,49-,50-/m0/s1. The predicted molar refractivity (Wildman–Crippen MR) is 242 cm³/mol. The summed E-state index contributed by atoms with van der Waals surface area (Å²) in [6, 6.07) is 11.9. The number of aromatic nitrogens is 4. The van der Waals surface area contributed by atoms with Gasteiger partial charge >= 0.3 is 0 Å². The molecule has 2 fully saturated rings. The average Bonchev–Trinajstić information content (AvgIpc) is 4.20. The molecule has 9 heteroatoms. The van der Waals surface area contributed by atoms with E-state index in [9.17, 15) is 0 Å². The van der Waals surface area contributed by atoms with Crippen molar-refractivity contribution in [3.05, 3.63) is 83.2 Å². The van der Waals surface area contributed by atoms with Gasteiger partial charge in [0.25, 0.3) is 0 Å². The number of nitrogens with zero attached hydrogens (tertiary/aromatic N) is 4. The Morgan fingerprint density at radius 3 is 1.30 bits per heavy atom. The summed E-state index contributed by atoms with van der Waals surface area (Å²) < 4.78 is 49.9. The minimum atomic E-state index is -0.494. The van der Waals surface area contributed by atoms with E-state index in [0.717, 1.165) is 85.1 Å². The number of hydrogen-bond acceptors (Lipinski definition) is 7. The molecule has 2 aromatic heterocycles. The van der Waals surface area contributed by atoms with Crippen molar-refractivity contribution in [1.82, 2.24) is 19.9 Å². The van der Waals surface area contributed by atoms with Crippen molar-refractivity contribution in [2.24, 2.45) is 0 Å². The third-order valence-corrected chi connectivity index (χ3v) is 12.5. The zero-order chi connectivity index (χ0) is 42.8. The fourth-order valence-corrected chi connectivity index (χ4v) is 8.51. The second-order valence-electron chi connectivity index (χ2n) is 17.6. The van der Waals surface area contributed by atoms with Crippen molar-refractivity contribution in [2.75, 3.05) is 0 Å². The number of unbranched alkanes of at least 4 members (excludes halogenated alkanes) is 14. The van der Waals surface area contributed by atoms with E-state index in [1.54, 1.807) is 12.4 Å². The Bertz CT molecular complexity index is 1800. The van der Waals surface area contributed by atoms with Gasteiger partial charge in [-0.1, -0.05) is 130 Å². The Hall–Kier alpha value is -3.82. The fourth-order valence-electron chi connectivity index (χ4n) is 8.51. The summed E-state index contributed by atoms with van der Waals surface area (Å²) in [5.41, 5.74) is 5.41. The smallest absolute Gasteiger partial charge is 0.235 e. The van der Waals surface area contributed by atoms with Crippen molar-refractivity contribution in [3.63, 3.8) is 0 Å². The SMILES string of the molecule is CCCCCCCCc1ncc(-c2ccc(Oc3ccc(-c4cnc(CCCCCCCC)c(F)n4)cc3C[C@@H]3O[C@H]3CCCCC)c(C[C@@H]3O[C@H]3CCCCC)c2)nc1F. The average molecular weight is 839 g/mol. The van der Waals surface area contributed by atoms with E-state index in [4.69, 9.17) is 14.2 Å². The molecule has 4 atom stereocenters. The first kappa shape index (κ1) is 46.7. The summed E-state index contributed by atoms with van der Waals surface area (Å²) in [5.74, 6) is 0.447.